The number of carbonyl (C=O) groups excluding carboxylic acids is 1. The lowest BCUT2D eigenvalue weighted by molar-refractivity contribution is -0.134. The number of hydrogen-bond donors (Lipinski definition) is 1. The first-order chi connectivity index (χ1) is 7.84. The molecule has 0 aliphatic heterocycles. The van der Waals surface area contributed by atoms with E-state index in [-0.39, 0.29) is 17.5 Å². The molecule has 0 bridgehead atoms. The van der Waals surface area contributed by atoms with E-state index in [1.807, 2.05) is 13.8 Å². The number of aliphatic carboxylic acids is 1. The fourth-order valence-electron chi connectivity index (χ4n) is 1.64. The summed E-state index contributed by atoms with van der Waals surface area (Å²) in [7, 11) is 0. The first-order valence-electron chi connectivity index (χ1n) is 6.06. The SMILES string of the molecule is CC(C(=O)O)=C(C)C(=O)N(CC1CC1)C(C)C. The van der Waals surface area contributed by atoms with Crippen LogP contribution in [0.3, 0.4) is 0 Å². The summed E-state index contributed by atoms with van der Waals surface area (Å²) in [4.78, 5) is 24.8. The van der Waals surface area contributed by atoms with Crippen molar-refractivity contribution in [1.29, 1.82) is 0 Å². The molecule has 4 nitrogen and oxygen atoms in total. The minimum Gasteiger partial charge on any atom is -0.478 e. The molecule has 1 aliphatic carbocycles. The Morgan fingerprint density at radius 1 is 1.24 bits per heavy atom. The third kappa shape index (κ3) is 3.58. The molecule has 1 N–H and O–H groups in total. The molecule has 1 saturated carbocycles. The van der Waals surface area contributed by atoms with Crippen LogP contribution in [-0.4, -0.2) is 34.5 Å². The highest BCUT2D eigenvalue weighted by Gasteiger charge is 2.29. The lowest BCUT2D eigenvalue weighted by Gasteiger charge is -2.27. The summed E-state index contributed by atoms with van der Waals surface area (Å²) in [5, 5.41) is 8.89. The smallest absolute Gasteiger partial charge is 0.331 e. The quantitative estimate of drug-likeness (QED) is 0.747. The van der Waals surface area contributed by atoms with Crippen LogP contribution in [0.15, 0.2) is 11.1 Å². The van der Waals surface area contributed by atoms with Gasteiger partial charge in [0.25, 0.3) is 0 Å². The standard InChI is InChI=1S/C13H21NO3/c1-8(2)14(7-11-5-6-11)12(15)9(3)10(4)13(16)17/h8,11H,5-7H2,1-4H3,(H,16,17). The minimum absolute atomic E-state index is 0.111. The van der Waals surface area contributed by atoms with E-state index in [0.29, 0.717) is 11.5 Å². The molecule has 1 amide bonds. The van der Waals surface area contributed by atoms with Gasteiger partial charge in [0.2, 0.25) is 5.91 Å². The highest BCUT2D eigenvalue weighted by atomic mass is 16.4. The zero-order chi connectivity index (χ0) is 13.2. The van der Waals surface area contributed by atoms with Crippen LogP contribution in [0.5, 0.6) is 0 Å². The average molecular weight is 239 g/mol. The predicted molar refractivity (Wildman–Crippen MR) is 65.6 cm³/mol. The summed E-state index contributed by atoms with van der Waals surface area (Å²) in [5.41, 5.74) is 0.475. The lowest BCUT2D eigenvalue weighted by atomic mass is 10.1. The summed E-state index contributed by atoms with van der Waals surface area (Å²) in [5.74, 6) is -0.558. The zero-order valence-electron chi connectivity index (χ0n) is 11.0. The Morgan fingerprint density at radius 3 is 2.12 bits per heavy atom. The van der Waals surface area contributed by atoms with Gasteiger partial charge >= 0.3 is 5.97 Å². The summed E-state index contributed by atoms with van der Waals surface area (Å²) in [6.45, 7) is 7.74. The second-order valence-electron chi connectivity index (χ2n) is 5.05. The third-order valence-corrected chi connectivity index (χ3v) is 3.24. The molecule has 0 saturated heterocycles. The maximum atomic E-state index is 12.2. The number of amides is 1. The van der Waals surface area contributed by atoms with E-state index in [4.69, 9.17) is 5.11 Å². The number of hydrogen-bond acceptors (Lipinski definition) is 2. The highest BCUT2D eigenvalue weighted by Crippen LogP contribution is 2.30. The van der Waals surface area contributed by atoms with Crippen LogP contribution >= 0.6 is 0 Å². The monoisotopic (exact) mass is 239 g/mol. The normalized spacial score (nSPS) is 16.8. The Morgan fingerprint density at radius 2 is 1.76 bits per heavy atom. The van der Waals surface area contributed by atoms with Gasteiger partial charge in [0.1, 0.15) is 0 Å². The minimum atomic E-state index is -1.02. The van der Waals surface area contributed by atoms with E-state index in [2.05, 4.69) is 0 Å². The Hall–Kier alpha value is -1.32. The second kappa shape index (κ2) is 5.34. The van der Waals surface area contributed by atoms with Crippen molar-refractivity contribution in [3.05, 3.63) is 11.1 Å². The van der Waals surface area contributed by atoms with E-state index in [0.717, 1.165) is 6.54 Å². The van der Waals surface area contributed by atoms with Gasteiger partial charge in [-0.15, -0.1) is 0 Å². The summed E-state index contributed by atoms with van der Waals surface area (Å²) >= 11 is 0. The van der Waals surface area contributed by atoms with Crippen molar-refractivity contribution >= 4 is 11.9 Å². The molecule has 1 fully saturated rings. The summed E-state index contributed by atoms with van der Waals surface area (Å²) in [6, 6.07) is 0.111. The number of rotatable bonds is 5. The lowest BCUT2D eigenvalue weighted by Crippen LogP contribution is -2.39. The predicted octanol–water partition coefficient (Wildman–Crippen LogP) is 2.05. The van der Waals surface area contributed by atoms with Gasteiger partial charge in [-0.3, -0.25) is 4.79 Å². The number of nitrogens with zero attached hydrogens (tertiary/aromatic N) is 1. The van der Waals surface area contributed by atoms with Crippen LogP contribution in [0.2, 0.25) is 0 Å². The van der Waals surface area contributed by atoms with Gasteiger partial charge in [-0.2, -0.15) is 0 Å². The van der Waals surface area contributed by atoms with Crippen molar-refractivity contribution in [3.63, 3.8) is 0 Å². The van der Waals surface area contributed by atoms with Gasteiger partial charge in [-0.1, -0.05) is 0 Å². The van der Waals surface area contributed by atoms with E-state index < -0.39 is 5.97 Å². The van der Waals surface area contributed by atoms with Crippen molar-refractivity contribution < 1.29 is 14.7 Å². The molecule has 0 spiro atoms. The fraction of sp³-hybridized carbons (Fsp3) is 0.692. The van der Waals surface area contributed by atoms with Crippen molar-refractivity contribution in [2.75, 3.05) is 6.54 Å². The molecule has 0 unspecified atom stereocenters. The Kier molecular flexibility index (Phi) is 4.32. The van der Waals surface area contributed by atoms with E-state index in [1.54, 1.807) is 11.8 Å². The summed E-state index contributed by atoms with van der Waals surface area (Å²) in [6.07, 6.45) is 2.36. The first-order valence-corrected chi connectivity index (χ1v) is 6.06. The van der Waals surface area contributed by atoms with Crippen molar-refractivity contribution in [2.24, 2.45) is 5.92 Å². The molecule has 4 heteroatoms. The molecule has 0 aromatic carbocycles. The third-order valence-electron chi connectivity index (χ3n) is 3.24. The van der Waals surface area contributed by atoms with Gasteiger partial charge < -0.3 is 10.0 Å². The topological polar surface area (TPSA) is 57.6 Å². The number of carboxylic acids is 1. The van der Waals surface area contributed by atoms with Crippen LogP contribution < -0.4 is 0 Å². The van der Waals surface area contributed by atoms with Gasteiger partial charge in [0, 0.05) is 23.7 Å². The first kappa shape index (κ1) is 13.7. The highest BCUT2D eigenvalue weighted by molar-refractivity contribution is 6.01. The van der Waals surface area contributed by atoms with Crippen molar-refractivity contribution in [3.8, 4) is 0 Å². The maximum absolute atomic E-state index is 12.2. The number of carboxylic acid groups (broad SMARTS) is 1. The maximum Gasteiger partial charge on any atom is 0.331 e. The Balaban J connectivity index is 2.83. The molecule has 0 heterocycles. The number of carbonyl (C=O) groups is 2. The molecule has 96 valence electrons. The molecule has 0 aromatic rings. The molecule has 0 radical (unpaired) electrons. The van der Waals surface area contributed by atoms with Crippen LogP contribution in [0, 0.1) is 5.92 Å². The molecule has 1 rings (SSSR count). The second-order valence-corrected chi connectivity index (χ2v) is 5.05. The van der Waals surface area contributed by atoms with Crippen molar-refractivity contribution in [1.82, 2.24) is 4.90 Å². The molecule has 1 aliphatic rings. The molecule has 17 heavy (non-hydrogen) atoms. The molecule has 0 aromatic heterocycles. The van der Waals surface area contributed by atoms with Gasteiger partial charge in [-0.05, 0) is 46.5 Å². The van der Waals surface area contributed by atoms with Gasteiger partial charge in [0.15, 0.2) is 0 Å². The Labute approximate surface area is 102 Å². The van der Waals surface area contributed by atoms with E-state index >= 15 is 0 Å². The zero-order valence-corrected chi connectivity index (χ0v) is 11.0. The van der Waals surface area contributed by atoms with Crippen LogP contribution in [0.25, 0.3) is 0 Å². The van der Waals surface area contributed by atoms with Crippen LogP contribution in [0.4, 0.5) is 0 Å². The molecular formula is C13H21NO3. The fourth-order valence-corrected chi connectivity index (χ4v) is 1.64. The van der Waals surface area contributed by atoms with E-state index in [1.165, 1.54) is 19.8 Å². The summed E-state index contributed by atoms with van der Waals surface area (Å²) < 4.78 is 0. The van der Waals surface area contributed by atoms with Crippen LogP contribution in [-0.2, 0) is 9.59 Å². The molecular weight excluding hydrogens is 218 g/mol. The Bertz CT molecular complexity index is 354. The average Bonchev–Trinajstić information content (AvgIpc) is 3.06. The van der Waals surface area contributed by atoms with E-state index in [9.17, 15) is 9.59 Å². The van der Waals surface area contributed by atoms with Crippen LogP contribution in [0.1, 0.15) is 40.5 Å². The van der Waals surface area contributed by atoms with Crippen molar-refractivity contribution in [2.45, 2.75) is 46.6 Å². The largest absolute Gasteiger partial charge is 0.478 e. The van der Waals surface area contributed by atoms with Gasteiger partial charge in [-0.25, -0.2) is 4.79 Å². The molecule has 0 atom stereocenters. The van der Waals surface area contributed by atoms with Gasteiger partial charge in [0.05, 0.1) is 0 Å².